The van der Waals surface area contributed by atoms with Crippen LogP contribution in [0.1, 0.15) is 10.6 Å². The van der Waals surface area contributed by atoms with Gasteiger partial charge in [0.1, 0.15) is 22.0 Å². The Hall–Kier alpha value is -2.15. The van der Waals surface area contributed by atoms with Crippen LogP contribution < -0.4 is 4.74 Å². The van der Waals surface area contributed by atoms with Crippen molar-refractivity contribution >= 4 is 44.9 Å². The van der Waals surface area contributed by atoms with Crippen molar-refractivity contribution in [1.29, 1.82) is 0 Å². The second-order valence-electron chi connectivity index (χ2n) is 5.87. The third kappa shape index (κ3) is 3.78. The van der Waals surface area contributed by atoms with Gasteiger partial charge in [-0.1, -0.05) is 41.6 Å². The molecule has 0 unspecified atom stereocenters. The number of ether oxygens (including phenoxy) is 1. The molecule has 0 radical (unpaired) electrons. The molecule has 4 nitrogen and oxygen atoms in total. The van der Waals surface area contributed by atoms with Crippen LogP contribution in [-0.4, -0.2) is 22.3 Å². The van der Waals surface area contributed by atoms with Gasteiger partial charge in [-0.2, -0.15) is 0 Å². The fraction of sp³-hybridized carbons (Fsp3) is 0.150. The molecule has 7 heteroatoms. The Morgan fingerprint density at radius 3 is 2.59 bits per heavy atom. The molecule has 0 aliphatic heterocycles. The van der Waals surface area contributed by atoms with Crippen molar-refractivity contribution < 1.29 is 4.74 Å². The smallest absolute Gasteiger partial charge is 0.146 e. The summed E-state index contributed by atoms with van der Waals surface area (Å²) >= 11 is 9.51. The number of methoxy groups -OCH3 is 1. The Labute approximate surface area is 170 Å². The van der Waals surface area contributed by atoms with Gasteiger partial charge < -0.3 is 4.74 Å². The number of fused-ring (bicyclic) bond motifs is 1. The molecule has 0 N–H and O–H groups in total. The Bertz CT molecular complexity index is 1100. The first-order valence-corrected chi connectivity index (χ1v) is 10.5. The number of hydrogen-bond acceptors (Lipinski definition) is 6. The van der Waals surface area contributed by atoms with E-state index >= 15 is 0 Å². The minimum Gasteiger partial charge on any atom is -0.497 e. The molecule has 2 aromatic carbocycles. The molecule has 136 valence electrons. The summed E-state index contributed by atoms with van der Waals surface area (Å²) in [5.74, 6) is 1.54. The van der Waals surface area contributed by atoms with E-state index in [9.17, 15) is 0 Å². The van der Waals surface area contributed by atoms with E-state index in [-0.39, 0.29) is 0 Å². The number of nitrogens with zero attached hydrogens (tertiary/aromatic N) is 3. The Morgan fingerprint density at radius 2 is 1.85 bits per heavy atom. The van der Waals surface area contributed by atoms with Gasteiger partial charge in [0.2, 0.25) is 0 Å². The van der Waals surface area contributed by atoms with E-state index in [2.05, 4.69) is 10.2 Å². The first kappa shape index (κ1) is 18.2. The summed E-state index contributed by atoms with van der Waals surface area (Å²) in [5, 5.41) is 11.6. The van der Waals surface area contributed by atoms with Gasteiger partial charge in [-0.05, 0) is 42.8 Å². The molecule has 27 heavy (non-hydrogen) atoms. The van der Waals surface area contributed by atoms with Gasteiger partial charge >= 0.3 is 0 Å². The molecular formula is C20H16ClN3OS2. The van der Waals surface area contributed by atoms with E-state index in [0.29, 0.717) is 0 Å². The van der Waals surface area contributed by atoms with E-state index in [1.807, 2.05) is 55.5 Å². The molecule has 2 aromatic heterocycles. The van der Waals surface area contributed by atoms with E-state index in [1.54, 1.807) is 30.2 Å². The average molecular weight is 414 g/mol. The van der Waals surface area contributed by atoms with Crippen molar-refractivity contribution in [3.05, 3.63) is 64.1 Å². The maximum Gasteiger partial charge on any atom is 0.146 e. The minimum atomic E-state index is 0.724. The third-order valence-corrected chi connectivity index (χ3v) is 6.43. The number of hydrogen-bond donors (Lipinski definition) is 0. The lowest BCUT2D eigenvalue weighted by Crippen LogP contribution is -1.93. The SMILES string of the molecule is COc1ccc(-c2nnc(SCc3ccccc3Cl)c3nc(C)sc23)cc1. The van der Waals surface area contributed by atoms with Crippen molar-refractivity contribution in [1.82, 2.24) is 15.2 Å². The van der Waals surface area contributed by atoms with E-state index < -0.39 is 0 Å². The molecule has 4 rings (SSSR count). The van der Waals surface area contributed by atoms with Crippen molar-refractivity contribution in [3.63, 3.8) is 0 Å². The first-order valence-electron chi connectivity index (χ1n) is 8.30. The van der Waals surface area contributed by atoms with Crippen molar-refractivity contribution in [2.24, 2.45) is 0 Å². The van der Waals surface area contributed by atoms with Gasteiger partial charge in [-0.25, -0.2) is 4.98 Å². The van der Waals surface area contributed by atoms with Crippen LogP contribution >= 0.6 is 34.7 Å². The normalized spacial score (nSPS) is 11.1. The Balaban J connectivity index is 1.70. The van der Waals surface area contributed by atoms with Crippen LogP contribution in [0, 0.1) is 6.92 Å². The molecule has 0 aliphatic rings. The highest BCUT2D eigenvalue weighted by atomic mass is 35.5. The summed E-state index contributed by atoms with van der Waals surface area (Å²) in [4.78, 5) is 4.71. The summed E-state index contributed by atoms with van der Waals surface area (Å²) in [6.45, 7) is 2.00. The quantitative estimate of drug-likeness (QED) is 0.374. The van der Waals surface area contributed by atoms with E-state index in [0.717, 1.165) is 53.6 Å². The van der Waals surface area contributed by atoms with Crippen LogP contribution in [0.3, 0.4) is 0 Å². The highest BCUT2D eigenvalue weighted by molar-refractivity contribution is 7.98. The first-order chi connectivity index (χ1) is 13.2. The van der Waals surface area contributed by atoms with Crippen LogP contribution in [0.25, 0.3) is 21.5 Å². The third-order valence-electron chi connectivity index (χ3n) is 4.08. The molecule has 4 aromatic rings. The van der Waals surface area contributed by atoms with E-state index in [4.69, 9.17) is 21.3 Å². The molecule has 2 heterocycles. The second kappa shape index (κ2) is 7.84. The molecular weight excluding hydrogens is 398 g/mol. The van der Waals surface area contributed by atoms with Gasteiger partial charge in [0.15, 0.2) is 0 Å². The maximum atomic E-state index is 6.27. The number of aryl methyl sites for hydroxylation is 1. The number of rotatable bonds is 5. The van der Waals surface area contributed by atoms with Crippen LogP contribution in [0.2, 0.25) is 5.02 Å². The van der Waals surface area contributed by atoms with Gasteiger partial charge in [-0.3, -0.25) is 0 Å². The van der Waals surface area contributed by atoms with Crippen molar-refractivity contribution in [2.45, 2.75) is 17.7 Å². The number of aromatic nitrogens is 3. The molecule has 0 atom stereocenters. The fourth-order valence-electron chi connectivity index (χ4n) is 2.72. The largest absolute Gasteiger partial charge is 0.497 e. The summed E-state index contributed by atoms with van der Waals surface area (Å²) in [6, 6.07) is 15.7. The number of halogens is 1. The molecule has 0 spiro atoms. The average Bonchev–Trinajstić information content (AvgIpc) is 3.09. The summed E-state index contributed by atoms with van der Waals surface area (Å²) in [6.07, 6.45) is 0. The van der Waals surface area contributed by atoms with Gasteiger partial charge in [0, 0.05) is 16.3 Å². The molecule has 0 amide bonds. The monoisotopic (exact) mass is 413 g/mol. The van der Waals surface area contributed by atoms with Gasteiger partial charge in [-0.15, -0.1) is 21.5 Å². The zero-order chi connectivity index (χ0) is 18.8. The Kier molecular flexibility index (Phi) is 5.29. The van der Waals surface area contributed by atoms with Gasteiger partial charge in [0.25, 0.3) is 0 Å². The van der Waals surface area contributed by atoms with E-state index in [1.165, 1.54) is 0 Å². The van der Waals surface area contributed by atoms with Crippen molar-refractivity contribution in [3.8, 4) is 17.0 Å². The fourth-order valence-corrected chi connectivity index (χ4v) is 4.92. The predicted molar refractivity (Wildman–Crippen MR) is 113 cm³/mol. The minimum absolute atomic E-state index is 0.724. The summed E-state index contributed by atoms with van der Waals surface area (Å²) in [7, 11) is 1.66. The van der Waals surface area contributed by atoms with Crippen LogP contribution in [-0.2, 0) is 5.75 Å². The summed E-state index contributed by atoms with van der Waals surface area (Å²) < 4.78 is 6.29. The topological polar surface area (TPSA) is 47.9 Å². The lowest BCUT2D eigenvalue weighted by Gasteiger charge is -2.07. The van der Waals surface area contributed by atoms with Gasteiger partial charge in [0.05, 0.1) is 16.8 Å². The lowest BCUT2D eigenvalue weighted by molar-refractivity contribution is 0.415. The van der Waals surface area contributed by atoms with Crippen LogP contribution in [0.4, 0.5) is 0 Å². The number of thiazole rings is 1. The molecule has 0 bridgehead atoms. The zero-order valence-corrected chi connectivity index (χ0v) is 17.2. The van der Waals surface area contributed by atoms with Crippen molar-refractivity contribution in [2.75, 3.05) is 7.11 Å². The molecule has 0 saturated carbocycles. The standard InChI is InChI=1S/C20H16ClN3OS2/c1-12-22-18-19(27-12)17(13-7-9-15(25-2)10-8-13)23-24-20(18)26-11-14-5-3-4-6-16(14)21/h3-10H,11H2,1-2H3. The lowest BCUT2D eigenvalue weighted by atomic mass is 10.1. The highest BCUT2D eigenvalue weighted by Crippen LogP contribution is 2.37. The maximum absolute atomic E-state index is 6.27. The predicted octanol–water partition coefficient (Wildman–Crippen LogP) is 6.02. The number of thioether (sulfide) groups is 1. The van der Waals surface area contributed by atoms with Crippen LogP contribution in [0.15, 0.2) is 53.6 Å². The number of benzene rings is 2. The highest BCUT2D eigenvalue weighted by Gasteiger charge is 2.16. The zero-order valence-electron chi connectivity index (χ0n) is 14.8. The molecule has 0 aliphatic carbocycles. The Morgan fingerprint density at radius 1 is 1.07 bits per heavy atom. The molecule has 0 saturated heterocycles. The second-order valence-corrected chi connectivity index (χ2v) is 8.45. The molecule has 0 fully saturated rings. The van der Waals surface area contributed by atoms with Crippen LogP contribution in [0.5, 0.6) is 5.75 Å². The summed E-state index contributed by atoms with van der Waals surface area (Å²) in [5.41, 5.74) is 3.82.